The van der Waals surface area contributed by atoms with Crippen molar-refractivity contribution >= 4 is 28.6 Å². The molecule has 2 aromatic heterocycles. The molecule has 0 spiro atoms. The second kappa shape index (κ2) is 8.40. The molecule has 9 nitrogen and oxygen atoms in total. The first-order chi connectivity index (χ1) is 14.2. The molecule has 1 amide bonds. The lowest BCUT2D eigenvalue weighted by Crippen LogP contribution is -2.30. The van der Waals surface area contributed by atoms with Crippen LogP contribution in [-0.4, -0.2) is 47.0 Å². The number of carbonyl (C=O) groups excluding carboxylic acids is 2. The number of aryl methyl sites for hydroxylation is 3. The summed E-state index contributed by atoms with van der Waals surface area (Å²) in [5.41, 5.74) is 2.72. The molecule has 158 valence electrons. The van der Waals surface area contributed by atoms with Crippen LogP contribution in [0.1, 0.15) is 28.7 Å². The Morgan fingerprint density at radius 3 is 2.47 bits per heavy atom. The molecule has 0 aliphatic rings. The molecule has 1 aromatic carbocycles. The maximum absolute atomic E-state index is 12.8. The van der Waals surface area contributed by atoms with Crippen molar-refractivity contribution in [3.63, 3.8) is 0 Å². The van der Waals surface area contributed by atoms with E-state index in [9.17, 15) is 9.59 Å². The highest BCUT2D eigenvalue weighted by molar-refractivity contribution is 6.05. The molecule has 0 radical (unpaired) electrons. The van der Waals surface area contributed by atoms with Gasteiger partial charge in [0.25, 0.3) is 5.91 Å². The number of nitrogens with zero attached hydrogens (tertiary/aromatic N) is 3. The third kappa shape index (κ3) is 4.05. The molecule has 0 fully saturated rings. The third-order valence-corrected chi connectivity index (χ3v) is 4.62. The Morgan fingerprint density at radius 2 is 1.80 bits per heavy atom. The molecule has 1 N–H and O–H groups in total. The quantitative estimate of drug-likeness (QED) is 0.621. The summed E-state index contributed by atoms with van der Waals surface area (Å²) in [5, 5.41) is 7.64. The summed E-state index contributed by atoms with van der Waals surface area (Å²) in [5.74, 6) is -0.0717. The van der Waals surface area contributed by atoms with Crippen molar-refractivity contribution < 1.29 is 23.8 Å². The molecular formula is C21H24N4O5. The molecule has 9 heteroatoms. The maximum atomic E-state index is 12.8. The van der Waals surface area contributed by atoms with Crippen molar-refractivity contribution in [1.29, 1.82) is 0 Å². The van der Waals surface area contributed by atoms with Gasteiger partial charge in [0.2, 0.25) is 0 Å². The van der Waals surface area contributed by atoms with E-state index >= 15 is 0 Å². The van der Waals surface area contributed by atoms with Crippen LogP contribution in [0.25, 0.3) is 11.0 Å². The number of hydrogen-bond donors (Lipinski definition) is 1. The minimum absolute atomic E-state index is 0.328. The number of benzene rings is 1. The van der Waals surface area contributed by atoms with E-state index in [1.807, 2.05) is 0 Å². The Hall–Kier alpha value is -3.62. The number of amides is 1. The normalized spacial score (nSPS) is 11.8. The van der Waals surface area contributed by atoms with Crippen LogP contribution in [0, 0.1) is 13.8 Å². The van der Waals surface area contributed by atoms with Crippen LogP contribution in [0.3, 0.4) is 0 Å². The molecule has 0 saturated carbocycles. The number of fused-ring (bicyclic) bond motifs is 1. The lowest BCUT2D eigenvalue weighted by Gasteiger charge is -2.15. The maximum Gasteiger partial charge on any atom is 0.339 e. The fourth-order valence-corrected chi connectivity index (χ4v) is 3.17. The molecule has 0 saturated heterocycles. The van der Waals surface area contributed by atoms with Crippen LogP contribution in [0.2, 0.25) is 0 Å². The van der Waals surface area contributed by atoms with Crippen molar-refractivity contribution in [2.24, 2.45) is 7.05 Å². The standard InChI is InChI=1S/C21H24N4O5/c1-11-9-15(18-12(2)24-25(4)19(18)22-11)21(27)30-13(3)20(26)23-14-7-8-16(28-5)17(10-14)29-6/h7-10,13H,1-6H3,(H,23,26). The summed E-state index contributed by atoms with van der Waals surface area (Å²) in [4.78, 5) is 29.8. The largest absolute Gasteiger partial charge is 0.493 e. The lowest BCUT2D eigenvalue weighted by atomic mass is 10.1. The number of anilines is 1. The van der Waals surface area contributed by atoms with Crippen molar-refractivity contribution in [2.45, 2.75) is 26.9 Å². The van der Waals surface area contributed by atoms with Crippen LogP contribution >= 0.6 is 0 Å². The highest BCUT2D eigenvalue weighted by Gasteiger charge is 2.23. The average Bonchev–Trinajstić information content (AvgIpc) is 3.00. The Bertz CT molecular complexity index is 1120. The first kappa shape index (κ1) is 21.1. The molecule has 1 atom stereocenters. The van der Waals surface area contributed by atoms with E-state index in [2.05, 4.69) is 15.4 Å². The predicted octanol–water partition coefficient (Wildman–Crippen LogP) is 2.79. The van der Waals surface area contributed by atoms with Crippen LogP contribution < -0.4 is 14.8 Å². The van der Waals surface area contributed by atoms with Gasteiger partial charge in [0.1, 0.15) is 0 Å². The van der Waals surface area contributed by atoms with Crippen molar-refractivity contribution in [3.8, 4) is 11.5 Å². The highest BCUT2D eigenvalue weighted by atomic mass is 16.5. The summed E-state index contributed by atoms with van der Waals surface area (Å²) >= 11 is 0. The van der Waals surface area contributed by atoms with Crippen molar-refractivity contribution in [3.05, 3.63) is 41.2 Å². The Labute approximate surface area is 173 Å². The first-order valence-electron chi connectivity index (χ1n) is 9.30. The SMILES string of the molecule is COc1ccc(NC(=O)C(C)OC(=O)c2cc(C)nc3c2c(C)nn3C)cc1OC. The van der Waals surface area contributed by atoms with E-state index in [1.54, 1.807) is 49.8 Å². The van der Waals surface area contributed by atoms with Crippen LogP contribution in [-0.2, 0) is 16.6 Å². The van der Waals surface area contributed by atoms with Gasteiger partial charge < -0.3 is 19.5 Å². The molecule has 30 heavy (non-hydrogen) atoms. The van der Waals surface area contributed by atoms with Gasteiger partial charge in [-0.1, -0.05) is 0 Å². The van der Waals surface area contributed by atoms with Crippen molar-refractivity contribution in [1.82, 2.24) is 14.8 Å². The molecule has 3 rings (SSSR count). The summed E-state index contributed by atoms with van der Waals surface area (Å²) in [6, 6.07) is 6.60. The Kier molecular flexibility index (Phi) is 5.91. The Morgan fingerprint density at radius 1 is 1.10 bits per heavy atom. The number of nitrogens with one attached hydrogen (secondary N) is 1. The van der Waals surface area contributed by atoms with Crippen LogP contribution in [0.5, 0.6) is 11.5 Å². The minimum Gasteiger partial charge on any atom is -0.493 e. The first-order valence-corrected chi connectivity index (χ1v) is 9.30. The number of rotatable bonds is 6. The second-order valence-electron chi connectivity index (χ2n) is 6.83. The predicted molar refractivity (Wildman–Crippen MR) is 111 cm³/mol. The van der Waals surface area contributed by atoms with Gasteiger partial charge in [-0.05, 0) is 39.0 Å². The van der Waals surface area contributed by atoms with E-state index in [4.69, 9.17) is 14.2 Å². The van der Waals surface area contributed by atoms with E-state index < -0.39 is 18.0 Å². The number of methoxy groups -OCH3 is 2. The third-order valence-electron chi connectivity index (χ3n) is 4.62. The summed E-state index contributed by atoms with van der Waals surface area (Å²) < 4.78 is 17.5. The van der Waals surface area contributed by atoms with E-state index in [-0.39, 0.29) is 0 Å². The minimum atomic E-state index is -1.02. The fourth-order valence-electron chi connectivity index (χ4n) is 3.17. The highest BCUT2D eigenvalue weighted by Crippen LogP contribution is 2.30. The number of carbonyl (C=O) groups is 2. The van der Waals surface area contributed by atoms with Crippen LogP contribution in [0.15, 0.2) is 24.3 Å². The zero-order valence-corrected chi connectivity index (χ0v) is 17.8. The van der Waals surface area contributed by atoms with Gasteiger partial charge in [0.15, 0.2) is 23.3 Å². The fraction of sp³-hybridized carbons (Fsp3) is 0.333. The summed E-state index contributed by atoms with van der Waals surface area (Å²) in [6.07, 6.45) is -1.02. The molecule has 1 unspecified atom stereocenters. The molecule has 0 aliphatic carbocycles. The van der Waals surface area contributed by atoms with Gasteiger partial charge in [0, 0.05) is 24.5 Å². The number of ether oxygens (including phenoxy) is 3. The van der Waals surface area contributed by atoms with Gasteiger partial charge in [-0.15, -0.1) is 0 Å². The smallest absolute Gasteiger partial charge is 0.339 e. The van der Waals surface area contributed by atoms with E-state index in [1.165, 1.54) is 21.1 Å². The average molecular weight is 412 g/mol. The van der Waals surface area contributed by atoms with Gasteiger partial charge in [-0.2, -0.15) is 5.10 Å². The molecule has 0 aliphatic heterocycles. The molecular weight excluding hydrogens is 388 g/mol. The number of pyridine rings is 1. The molecule has 0 bridgehead atoms. The number of hydrogen-bond acceptors (Lipinski definition) is 7. The van der Waals surface area contributed by atoms with Gasteiger partial charge in [0.05, 0.1) is 30.9 Å². The number of esters is 1. The number of aromatic nitrogens is 3. The van der Waals surface area contributed by atoms with E-state index in [0.29, 0.717) is 45.2 Å². The van der Waals surface area contributed by atoms with Crippen LogP contribution in [0.4, 0.5) is 5.69 Å². The molecule has 3 aromatic rings. The van der Waals surface area contributed by atoms with Gasteiger partial charge in [-0.25, -0.2) is 9.78 Å². The summed E-state index contributed by atoms with van der Waals surface area (Å²) in [6.45, 7) is 5.09. The zero-order chi connectivity index (χ0) is 22.0. The molecule has 2 heterocycles. The van der Waals surface area contributed by atoms with Gasteiger partial charge >= 0.3 is 5.97 Å². The second-order valence-corrected chi connectivity index (χ2v) is 6.83. The van der Waals surface area contributed by atoms with E-state index in [0.717, 1.165) is 0 Å². The zero-order valence-electron chi connectivity index (χ0n) is 17.8. The topological polar surface area (TPSA) is 105 Å². The monoisotopic (exact) mass is 412 g/mol. The summed E-state index contributed by atoms with van der Waals surface area (Å²) in [7, 11) is 4.79. The van der Waals surface area contributed by atoms with Gasteiger partial charge in [-0.3, -0.25) is 9.48 Å². The van der Waals surface area contributed by atoms with Crippen molar-refractivity contribution in [2.75, 3.05) is 19.5 Å². The Balaban J connectivity index is 1.78. The lowest BCUT2D eigenvalue weighted by molar-refractivity contribution is -0.123.